The van der Waals surface area contributed by atoms with Gasteiger partial charge < -0.3 is 28.6 Å². The van der Waals surface area contributed by atoms with Crippen molar-refractivity contribution in [1.29, 1.82) is 0 Å². The van der Waals surface area contributed by atoms with Crippen molar-refractivity contribution in [3.05, 3.63) is 35.8 Å². The number of morpholine rings is 1. The largest absolute Gasteiger partial charge is 0.444 e. The Kier molecular flexibility index (Phi) is 7.66. The second kappa shape index (κ2) is 10.5. The van der Waals surface area contributed by atoms with Gasteiger partial charge in [-0.1, -0.05) is 0 Å². The predicted molar refractivity (Wildman–Crippen MR) is 130 cm³/mol. The summed E-state index contributed by atoms with van der Waals surface area (Å²) in [6.45, 7) is 7.76. The van der Waals surface area contributed by atoms with Crippen LogP contribution in [0.1, 0.15) is 45.6 Å². The Hall–Kier alpha value is -2.65. The molecule has 9 heteroatoms. The first-order valence-corrected chi connectivity index (χ1v) is 12.3. The minimum atomic E-state index is -0.790. The van der Waals surface area contributed by atoms with Crippen LogP contribution in [0.4, 0.5) is 9.18 Å². The second-order valence-electron chi connectivity index (χ2n) is 10.3. The Bertz CT molecular complexity index is 1060. The highest BCUT2D eigenvalue weighted by Gasteiger charge is 2.39. The SMILES string of the molecule is COCCCn1ccc2cc(F)c(CN(C(=O)[C@H]3CN(C(=O)OC(C)(C)C)CCO3)C3CC3)cc21. The van der Waals surface area contributed by atoms with Gasteiger partial charge in [-0.25, -0.2) is 9.18 Å². The molecular formula is C26H36FN3O5. The van der Waals surface area contributed by atoms with E-state index in [1.165, 1.54) is 11.0 Å². The van der Waals surface area contributed by atoms with Gasteiger partial charge in [-0.2, -0.15) is 0 Å². The molecule has 2 heterocycles. The van der Waals surface area contributed by atoms with Crippen LogP contribution in [0.25, 0.3) is 10.9 Å². The zero-order chi connectivity index (χ0) is 25.2. The third-order valence-corrected chi connectivity index (χ3v) is 6.29. The van der Waals surface area contributed by atoms with Gasteiger partial charge in [0.25, 0.3) is 5.91 Å². The zero-order valence-electron chi connectivity index (χ0n) is 21.1. The van der Waals surface area contributed by atoms with Crippen LogP contribution in [0.5, 0.6) is 0 Å². The number of fused-ring (bicyclic) bond motifs is 1. The monoisotopic (exact) mass is 489 g/mol. The number of rotatable bonds is 8. The quantitative estimate of drug-likeness (QED) is 0.525. The van der Waals surface area contributed by atoms with E-state index >= 15 is 4.39 Å². The number of aryl methyl sites for hydroxylation is 1. The van der Waals surface area contributed by atoms with Crippen molar-refractivity contribution in [2.75, 3.05) is 33.4 Å². The number of carbonyl (C=O) groups excluding carboxylic acids is 2. The van der Waals surface area contributed by atoms with E-state index in [-0.39, 0.29) is 37.5 Å². The van der Waals surface area contributed by atoms with Gasteiger partial charge in [-0.3, -0.25) is 4.79 Å². The Labute approximate surface area is 205 Å². The smallest absolute Gasteiger partial charge is 0.410 e. The fraction of sp³-hybridized carbons (Fsp3) is 0.615. The number of hydrogen-bond donors (Lipinski definition) is 0. The normalized spacial score (nSPS) is 18.7. The van der Waals surface area contributed by atoms with Crippen LogP contribution in [0.15, 0.2) is 24.4 Å². The van der Waals surface area contributed by atoms with Gasteiger partial charge in [0.2, 0.25) is 0 Å². The van der Waals surface area contributed by atoms with E-state index in [4.69, 9.17) is 14.2 Å². The molecule has 192 valence electrons. The molecule has 1 aliphatic carbocycles. The van der Waals surface area contributed by atoms with Crippen LogP contribution < -0.4 is 0 Å². The Morgan fingerprint density at radius 1 is 1.26 bits per heavy atom. The van der Waals surface area contributed by atoms with Crippen LogP contribution in [0, 0.1) is 5.82 Å². The van der Waals surface area contributed by atoms with Gasteiger partial charge in [0, 0.05) is 62.1 Å². The maximum absolute atomic E-state index is 15.0. The van der Waals surface area contributed by atoms with Crippen LogP contribution >= 0.6 is 0 Å². The van der Waals surface area contributed by atoms with E-state index in [2.05, 4.69) is 4.57 Å². The number of methoxy groups -OCH3 is 1. The van der Waals surface area contributed by atoms with Crippen molar-refractivity contribution in [3.8, 4) is 0 Å². The van der Waals surface area contributed by atoms with E-state index in [0.29, 0.717) is 18.7 Å². The molecule has 0 N–H and O–H groups in total. The van der Waals surface area contributed by atoms with Crippen LogP contribution in [0.2, 0.25) is 0 Å². The Morgan fingerprint density at radius 2 is 2.03 bits per heavy atom. The van der Waals surface area contributed by atoms with Crippen molar-refractivity contribution >= 4 is 22.9 Å². The molecule has 1 saturated carbocycles. The van der Waals surface area contributed by atoms with E-state index in [0.717, 1.165) is 36.7 Å². The van der Waals surface area contributed by atoms with Gasteiger partial charge in [-0.15, -0.1) is 0 Å². The molecule has 4 rings (SSSR count). The molecule has 0 unspecified atom stereocenters. The topological polar surface area (TPSA) is 73.2 Å². The number of hydrogen-bond acceptors (Lipinski definition) is 5. The summed E-state index contributed by atoms with van der Waals surface area (Å²) in [6.07, 6.45) is 3.32. The number of halogens is 1. The molecule has 2 aromatic rings. The standard InChI is InChI=1S/C26H36FN3O5/c1-26(2,3)35-25(32)29-11-13-34-23(17-29)24(31)30(20-6-7-20)16-19-15-22-18(14-21(19)27)8-10-28(22)9-5-12-33-4/h8,10,14-15,20,23H,5-7,9,11-13,16-17H2,1-4H3/t23-/m1/s1. The minimum Gasteiger partial charge on any atom is -0.444 e. The lowest BCUT2D eigenvalue weighted by molar-refractivity contribution is -0.150. The van der Waals surface area contributed by atoms with Crippen molar-refractivity contribution in [3.63, 3.8) is 0 Å². The summed E-state index contributed by atoms with van der Waals surface area (Å²) in [7, 11) is 1.67. The van der Waals surface area contributed by atoms with Gasteiger partial charge in [0.1, 0.15) is 11.4 Å². The van der Waals surface area contributed by atoms with Gasteiger partial charge in [0.15, 0.2) is 6.10 Å². The first-order chi connectivity index (χ1) is 16.7. The van der Waals surface area contributed by atoms with Crippen LogP contribution in [0.3, 0.4) is 0 Å². The molecule has 1 aromatic carbocycles. The van der Waals surface area contributed by atoms with E-state index < -0.39 is 17.8 Å². The molecule has 2 fully saturated rings. The van der Waals surface area contributed by atoms with E-state index in [9.17, 15) is 9.59 Å². The highest BCUT2D eigenvalue weighted by molar-refractivity contribution is 5.84. The number of carbonyl (C=O) groups is 2. The third kappa shape index (κ3) is 6.32. The molecule has 2 amide bonds. The summed E-state index contributed by atoms with van der Waals surface area (Å²) in [5.74, 6) is -0.540. The third-order valence-electron chi connectivity index (χ3n) is 6.29. The number of aromatic nitrogens is 1. The highest BCUT2D eigenvalue weighted by Crippen LogP contribution is 2.31. The molecule has 1 saturated heterocycles. The summed E-state index contributed by atoms with van der Waals surface area (Å²) in [5, 5.41) is 0.830. The van der Waals surface area contributed by atoms with Crippen LogP contribution in [-0.4, -0.2) is 77.5 Å². The van der Waals surface area contributed by atoms with E-state index in [1.807, 2.05) is 39.1 Å². The lowest BCUT2D eigenvalue weighted by Crippen LogP contribution is -2.53. The maximum atomic E-state index is 15.0. The number of nitrogens with zero attached hydrogens (tertiary/aromatic N) is 3. The summed E-state index contributed by atoms with van der Waals surface area (Å²) < 4.78 is 33.5. The first kappa shape index (κ1) is 25.4. The maximum Gasteiger partial charge on any atom is 0.410 e. The number of amides is 2. The molecule has 1 aromatic heterocycles. The number of ether oxygens (including phenoxy) is 3. The van der Waals surface area contributed by atoms with E-state index in [1.54, 1.807) is 12.0 Å². The predicted octanol–water partition coefficient (Wildman–Crippen LogP) is 3.94. The highest BCUT2D eigenvalue weighted by atomic mass is 19.1. The summed E-state index contributed by atoms with van der Waals surface area (Å²) in [6, 6.07) is 5.34. The first-order valence-electron chi connectivity index (χ1n) is 12.3. The molecule has 1 aliphatic heterocycles. The van der Waals surface area contributed by atoms with Gasteiger partial charge in [0.05, 0.1) is 13.2 Å². The molecular weight excluding hydrogens is 453 g/mol. The molecule has 0 bridgehead atoms. The molecule has 1 atom stereocenters. The zero-order valence-corrected chi connectivity index (χ0v) is 21.1. The summed E-state index contributed by atoms with van der Waals surface area (Å²) >= 11 is 0. The lowest BCUT2D eigenvalue weighted by atomic mass is 10.1. The average Bonchev–Trinajstić information content (AvgIpc) is 3.58. The molecule has 0 radical (unpaired) electrons. The van der Waals surface area contributed by atoms with Crippen molar-refractivity contribution in [2.24, 2.45) is 0 Å². The summed E-state index contributed by atoms with van der Waals surface area (Å²) in [4.78, 5) is 29.2. The molecule has 2 aliphatic rings. The van der Waals surface area contributed by atoms with Crippen molar-refractivity contribution in [2.45, 2.75) is 70.9 Å². The Balaban J connectivity index is 1.49. The molecule has 0 spiro atoms. The fourth-order valence-corrected chi connectivity index (χ4v) is 4.38. The molecule has 35 heavy (non-hydrogen) atoms. The van der Waals surface area contributed by atoms with Gasteiger partial charge >= 0.3 is 6.09 Å². The minimum absolute atomic E-state index is 0.0617. The lowest BCUT2D eigenvalue weighted by Gasteiger charge is -2.36. The van der Waals surface area contributed by atoms with Crippen molar-refractivity contribution < 1.29 is 28.2 Å². The summed E-state index contributed by atoms with van der Waals surface area (Å²) in [5.41, 5.74) is 0.793. The second-order valence-corrected chi connectivity index (χ2v) is 10.3. The Morgan fingerprint density at radius 3 is 2.71 bits per heavy atom. The average molecular weight is 490 g/mol. The fourth-order valence-electron chi connectivity index (χ4n) is 4.38. The number of benzene rings is 1. The van der Waals surface area contributed by atoms with Gasteiger partial charge in [-0.05, 0) is 58.2 Å². The molecule has 8 nitrogen and oxygen atoms in total. The van der Waals surface area contributed by atoms with Crippen LogP contribution in [-0.2, 0) is 32.1 Å². The van der Waals surface area contributed by atoms with Crippen molar-refractivity contribution in [1.82, 2.24) is 14.4 Å².